The van der Waals surface area contributed by atoms with Gasteiger partial charge in [0.1, 0.15) is 5.01 Å². The first-order valence-electron chi connectivity index (χ1n) is 5.67. The largest absolute Gasteiger partial charge is 0.322 e. The molecule has 7 heteroatoms. The third kappa shape index (κ3) is 1.77. The molecule has 0 bridgehead atoms. The lowest BCUT2D eigenvalue weighted by molar-refractivity contribution is 0.676. The van der Waals surface area contributed by atoms with Crippen molar-refractivity contribution < 1.29 is 0 Å². The van der Waals surface area contributed by atoms with Crippen molar-refractivity contribution in [1.82, 2.24) is 24.8 Å². The van der Waals surface area contributed by atoms with Crippen LogP contribution in [0.3, 0.4) is 0 Å². The predicted molar refractivity (Wildman–Crippen MR) is 69.1 cm³/mol. The number of fused-ring (bicyclic) bond motifs is 1. The summed E-state index contributed by atoms with van der Waals surface area (Å²) in [7, 11) is 0. The molecule has 6 nitrogen and oxygen atoms in total. The maximum atomic E-state index is 5.98. The van der Waals surface area contributed by atoms with Crippen molar-refractivity contribution in [2.45, 2.75) is 19.4 Å². The van der Waals surface area contributed by atoms with Gasteiger partial charge in [-0.05, 0) is 18.6 Å². The summed E-state index contributed by atoms with van der Waals surface area (Å²) < 4.78 is 1.73. The van der Waals surface area contributed by atoms with E-state index in [1.54, 1.807) is 16.9 Å². The first kappa shape index (κ1) is 11.2. The minimum atomic E-state index is -0.0431. The van der Waals surface area contributed by atoms with Crippen LogP contribution in [-0.4, -0.2) is 24.8 Å². The fraction of sp³-hybridized carbons (Fsp3) is 0.273. The third-order valence-electron chi connectivity index (χ3n) is 2.68. The van der Waals surface area contributed by atoms with Gasteiger partial charge in [-0.15, -0.1) is 10.2 Å². The normalized spacial score (nSPS) is 13.0. The second-order valence-electron chi connectivity index (χ2n) is 3.91. The van der Waals surface area contributed by atoms with Crippen LogP contribution in [-0.2, 0) is 0 Å². The zero-order valence-corrected chi connectivity index (χ0v) is 10.6. The van der Waals surface area contributed by atoms with Crippen LogP contribution in [0.2, 0.25) is 0 Å². The van der Waals surface area contributed by atoms with Crippen LogP contribution in [0.4, 0.5) is 0 Å². The van der Waals surface area contributed by atoms with Gasteiger partial charge in [-0.2, -0.15) is 9.61 Å². The second kappa shape index (κ2) is 4.43. The fourth-order valence-corrected chi connectivity index (χ4v) is 2.55. The molecule has 3 aromatic heterocycles. The van der Waals surface area contributed by atoms with E-state index in [-0.39, 0.29) is 6.04 Å². The lowest BCUT2D eigenvalue weighted by Crippen LogP contribution is -2.08. The number of aromatic nitrogens is 5. The summed E-state index contributed by atoms with van der Waals surface area (Å²) in [5.41, 5.74) is 6.88. The van der Waals surface area contributed by atoms with Gasteiger partial charge in [0.25, 0.3) is 0 Å². The Morgan fingerprint density at radius 3 is 3.06 bits per heavy atom. The van der Waals surface area contributed by atoms with Crippen LogP contribution in [0, 0.1) is 0 Å². The van der Waals surface area contributed by atoms with Crippen molar-refractivity contribution in [3.63, 3.8) is 0 Å². The molecule has 18 heavy (non-hydrogen) atoms. The Balaban J connectivity index is 2.11. The molecule has 0 aliphatic rings. The Bertz CT molecular complexity index is 659. The quantitative estimate of drug-likeness (QED) is 0.774. The summed E-state index contributed by atoms with van der Waals surface area (Å²) in [4.78, 5) is 4.83. The highest BCUT2D eigenvalue weighted by Crippen LogP contribution is 2.24. The highest BCUT2D eigenvalue weighted by atomic mass is 32.1. The van der Waals surface area contributed by atoms with Gasteiger partial charge in [0, 0.05) is 18.0 Å². The molecule has 3 aromatic rings. The number of hydrogen-bond acceptors (Lipinski definition) is 6. The molecule has 0 fully saturated rings. The molecule has 2 N–H and O–H groups in total. The molecule has 3 heterocycles. The van der Waals surface area contributed by atoms with Crippen LogP contribution in [0.25, 0.3) is 16.3 Å². The molecule has 0 saturated carbocycles. The molecular weight excluding hydrogens is 248 g/mol. The summed E-state index contributed by atoms with van der Waals surface area (Å²) >= 11 is 1.48. The molecule has 0 radical (unpaired) electrons. The van der Waals surface area contributed by atoms with E-state index in [1.807, 2.05) is 19.1 Å². The molecule has 0 amide bonds. The smallest absolute Gasteiger partial charge is 0.235 e. The van der Waals surface area contributed by atoms with E-state index in [2.05, 4.69) is 20.3 Å². The Morgan fingerprint density at radius 1 is 1.44 bits per heavy atom. The Morgan fingerprint density at radius 2 is 2.33 bits per heavy atom. The second-order valence-corrected chi connectivity index (χ2v) is 4.90. The minimum absolute atomic E-state index is 0.0431. The number of nitrogens with zero attached hydrogens (tertiary/aromatic N) is 5. The topological polar surface area (TPSA) is 82.0 Å². The van der Waals surface area contributed by atoms with Gasteiger partial charge in [0.2, 0.25) is 4.96 Å². The van der Waals surface area contributed by atoms with Crippen LogP contribution >= 0.6 is 11.3 Å². The highest BCUT2D eigenvalue weighted by Gasteiger charge is 2.16. The van der Waals surface area contributed by atoms with E-state index < -0.39 is 0 Å². The van der Waals surface area contributed by atoms with E-state index in [9.17, 15) is 0 Å². The Kier molecular flexibility index (Phi) is 2.77. The maximum absolute atomic E-state index is 5.98. The standard InChI is InChI=1S/C11H12N6S/c1-2-8(12)10-16-17-9(14-15-11(17)18-10)7-4-3-5-13-6-7/h3-6,8H,2,12H2,1H3. The van der Waals surface area contributed by atoms with Crippen molar-refractivity contribution >= 4 is 16.3 Å². The third-order valence-corrected chi connectivity index (χ3v) is 3.71. The van der Waals surface area contributed by atoms with Gasteiger partial charge < -0.3 is 5.73 Å². The summed E-state index contributed by atoms with van der Waals surface area (Å²) in [5, 5.41) is 13.6. The van der Waals surface area contributed by atoms with Gasteiger partial charge in [-0.25, -0.2) is 0 Å². The lowest BCUT2D eigenvalue weighted by atomic mass is 10.3. The van der Waals surface area contributed by atoms with Crippen LogP contribution in [0.1, 0.15) is 24.4 Å². The minimum Gasteiger partial charge on any atom is -0.322 e. The number of rotatable bonds is 3. The van der Waals surface area contributed by atoms with Crippen molar-refractivity contribution in [2.24, 2.45) is 5.73 Å². The molecule has 92 valence electrons. The number of nitrogens with two attached hydrogens (primary N) is 1. The summed E-state index contributed by atoms with van der Waals surface area (Å²) in [6.45, 7) is 2.04. The molecule has 1 unspecified atom stereocenters. The Hall–Kier alpha value is -1.86. The van der Waals surface area contributed by atoms with Gasteiger partial charge in [0.05, 0.1) is 6.04 Å². The average Bonchev–Trinajstić information content (AvgIpc) is 2.98. The van der Waals surface area contributed by atoms with E-state index in [4.69, 9.17) is 5.73 Å². The van der Waals surface area contributed by atoms with Gasteiger partial charge in [-0.1, -0.05) is 18.3 Å². The van der Waals surface area contributed by atoms with Gasteiger partial charge in [-0.3, -0.25) is 4.98 Å². The summed E-state index contributed by atoms with van der Waals surface area (Å²) in [6, 6.07) is 3.75. The molecule has 0 spiro atoms. The lowest BCUT2D eigenvalue weighted by Gasteiger charge is -2.01. The van der Waals surface area contributed by atoms with Crippen molar-refractivity contribution in [2.75, 3.05) is 0 Å². The first-order valence-corrected chi connectivity index (χ1v) is 6.49. The molecular formula is C11H12N6S. The van der Waals surface area contributed by atoms with Gasteiger partial charge in [0.15, 0.2) is 5.82 Å². The highest BCUT2D eigenvalue weighted by molar-refractivity contribution is 7.16. The molecule has 3 rings (SSSR count). The SMILES string of the molecule is CCC(N)c1nn2c(-c3cccnc3)nnc2s1. The molecule has 0 aliphatic carbocycles. The predicted octanol–water partition coefficient (Wildman–Crippen LogP) is 1.66. The number of pyridine rings is 1. The van der Waals surface area contributed by atoms with Gasteiger partial charge >= 0.3 is 0 Å². The van der Waals surface area contributed by atoms with Crippen LogP contribution in [0.15, 0.2) is 24.5 Å². The zero-order valence-electron chi connectivity index (χ0n) is 9.82. The van der Waals surface area contributed by atoms with E-state index in [1.165, 1.54) is 11.3 Å². The van der Waals surface area contributed by atoms with E-state index in [0.29, 0.717) is 5.82 Å². The average molecular weight is 260 g/mol. The summed E-state index contributed by atoms with van der Waals surface area (Å²) in [6.07, 6.45) is 4.32. The van der Waals surface area contributed by atoms with Crippen LogP contribution < -0.4 is 5.73 Å². The maximum Gasteiger partial charge on any atom is 0.235 e. The van der Waals surface area contributed by atoms with Crippen molar-refractivity contribution in [3.8, 4) is 11.4 Å². The monoisotopic (exact) mass is 260 g/mol. The van der Waals surface area contributed by atoms with Crippen molar-refractivity contribution in [3.05, 3.63) is 29.5 Å². The Labute approximate surface area is 107 Å². The van der Waals surface area contributed by atoms with E-state index >= 15 is 0 Å². The van der Waals surface area contributed by atoms with E-state index in [0.717, 1.165) is 22.0 Å². The van der Waals surface area contributed by atoms with Crippen molar-refractivity contribution in [1.29, 1.82) is 0 Å². The van der Waals surface area contributed by atoms with Crippen LogP contribution in [0.5, 0.6) is 0 Å². The molecule has 0 aromatic carbocycles. The zero-order chi connectivity index (χ0) is 12.5. The molecule has 1 atom stereocenters. The fourth-order valence-electron chi connectivity index (χ4n) is 1.63. The first-order chi connectivity index (χ1) is 8.79. The summed E-state index contributed by atoms with van der Waals surface area (Å²) in [5.74, 6) is 0.698. The molecule has 0 aliphatic heterocycles. The molecule has 0 saturated heterocycles. The number of hydrogen-bond donors (Lipinski definition) is 1.